The fourth-order valence-corrected chi connectivity index (χ4v) is 3.23. The molecule has 6 heteroatoms. The van der Waals surface area contributed by atoms with Gasteiger partial charge in [-0.05, 0) is 48.2 Å². The maximum atomic E-state index is 12.4. The monoisotopic (exact) mass is 341 g/mol. The summed E-state index contributed by atoms with van der Waals surface area (Å²) in [5.41, 5.74) is 2.43. The third-order valence-corrected chi connectivity index (χ3v) is 4.86. The van der Waals surface area contributed by atoms with Crippen molar-refractivity contribution in [2.75, 3.05) is 0 Å². The minimum atomic E-state index is -0.159. The molecule has 24 heavy (non-hydrogen) atoms. The number of rotatable bonds is 4. The molecule has 1 fully saturated rings. The molecule has 2 heterocycles. The van der Waals surface area contributed by atoms with Crippen LogP contribution in [0, 0.1) is 0 Å². The summed E-state index contributed by atoms with van der Waals surface area (Å²) < 4.78 is 1.42. The number of aromatic nitrogens is 3. The SMILES string of the molecule is O=c1cc(C2(c3ccc(Cl)cc3)CC2)[nH]n1-c1cc(CO)ccn1. The van der Waals surface area contributed by atoms with Crippen molar-refractivity contribution in [2.24, 2.45) is 0 Å². The van der Waals surface area contributed by atoms with Crippen LogP contribution in [0.5, 0.6) is 0 Å². The average Bonchev–Trinajstić information content (AvgIpc) is 3.32. The van der Waals surface area contributed by atoms with E-state index in [-0.39, 0.29) is 17.6 Å². The molecular formula is C18H16ClN3O2. The first-order valence-electron chi connectivity index (χ1n) is 7.77. The number of benzene rings is 1. The predicted octanol–water partition coefficient (Wildman–Crippen LogP) is 2.79. The fraction of sp³-hybridized carbons (Fsp3) is 0.222. The highest BCUT2D eigenvalue weighted by molar-refractivity contribution is 6.30. The Morgan fingerprint density at radius 1 is 1.21 bits per heavy atom. The van der Waals surface area contributed by atoms with Crippen LogP contribution < -0.4 is 5.56 Å². The maximum Gasteiger partial charge on any atom is 0.272 e. The van der Waals surface area contributed by atoms with Gasteiger partial charge in [0.15, 0.2) is 5.82 Å². The van der Waals surface area contributed by atoms with Gasteiger partial charge in [-0.25, -0.2) is 9.67 Å². The average molecular weight is 342 g/mol. The summed E-state index contributed by atoms with van der Waals surface area (Å²) >= 11 is 5.98. The van der Waals surface area contributed by atoms with Gasteiger partial charge >= 0.3 is 0 Å². The van der Waals surface area contributed by atoms with Crippen LogP contribution in [-0.4, -0.2) is 19.9 Å². The lowest BCUT2D eigenvalue weighted by atomic mass is 9.93. The minimum absolute atomic E-state index is 0.0907. The summed E-state index contributed by atoms with van der Waals surface area (Å²) in [5, 5.41) is 13.1. The zero-order chi connectivity index (χ0) is 16.7. The van der Waals surface area contributed by atoms with E-state index in [1.54, 1.807) is 24.4 Å². The summed E-state index contributed by atoms with van der Waals surface area (Å²) in [6, 6.07) is 12.8. The van der Waals surface area contributed by atoms with Crippen LogP contribution >= 0.6 is 11.6 Å². The molecule has 1 aromatic carbocycles. The molecule has 4 rings (SSSR count). The van der Waals surface area contributed by atoms with Crippen molar-refractivity contribution >= 4 is 11.6 Å². The Kier molecular flexibility index (Phi) is 3.55. The molecule has 0 saturated heterocycles. The standard InChI is InChI=1S/C18H16ClN3O2/c19-14-3-1-13(2-4-14)18(6-7-18)15-10-17(24)22(21-15)16-9-12(11-23)5-8-20-16/h1-5,8-10,21,23H,6-7,11H2. The number of aromatic amines is 1. The number of hydrogen-bond donors (Lipinski definition) is 2. The minimum Gasteiger partial charge on any atom is -0.392 e. The number of pyridine rings is 1. The molecule has 3 aromatic rings. The van der Waals surface area contributed by atoms with E-state index in [0.29, 0.717) is 16.4 Å². The number of aliphatic hydroxyl groups is 1. The van der Waals surface area contributed by atoms with Crippen LogP contribution in [-0.2, 0) is 12.0 Å². The van der Waals surface area contributed by atoms with E-state index in [2.05, 4.69) is 10.1 Å². The van der Waals surface area contributed by atoms with Crippen molar-refractivity contribution < 1.29 is 5.11 Å². The van der Waals surface area contributed by atoms with Crippen molar-refractivity contribution in [3.63, 3.8) is 0 Å². The summed E-state index contributed by atoms with van der Waals surface area (Å²) in [5.74, 6) is 0.477. The van der Waals surface area contributed by atoms with Crippen LogP contribution in [0.3, 0.4) is 0 Å². The maximum absolute atomic E-state index is 12.4. The number of nitrogens with zero attached hydrogens (tertiary/aromatic N) is 2. The van der Waals surface area contributed by atoms with E-state index in [1.807, 2.05) is 24.3 Å². The molecule has 0 aliphatic heterocycles. The number of H-pyrrole nitrogens is 1. The second kappa shape index (κ2) is 5.61. The molecule has 2 aromatic heterocycles. The van der Waals surface area contributed by atoms with Gasteiger partial charge in [0.05, 0.1) is 6.61 Å². The Morgan fingerprint density at radius 3 is 2.62 bits per heavy atom. The van der Waals surface area contributed by atoms with Gasteiger partial charge in [-0.1, -0.05) is 23.7 Å². The molecule has 0 atom stereocenters. The van der Waals surface area contributed by atoms with E-state index in [4.69, 9.17) is 11.6 Å². The molecular weight excluding hydrogens is 326 g/mol. The van der Waals surface area contributed by atoms with E-state index in [9.17, 15) is 9.90 Å². The summed E-state index contributed by atoms with van der Waals surface area (Å²) in [4.78, 5) is 16.6. The first-order chi connectivity index (χ1) is 11.6. The van der Waals surface area contributed by atoms with Gasteiger partial charge in [-0.2, -0.15) is 0 Å². The van der Waals surface area contributed by atoms with Crippen molar-refractivity contribution in [3.05, 3.63) is 80.9 Å². The molecule has 1 saturated carbocycles. The first-order valence-corrected chi connectivity index (χ1v) is 8.15. The largest absolute Gasteiger partial charge is 0.392 e. The number of hydrogen-bond acceptors (Lipinski definition) is 3. The molecule has 5 nitrogen and oxygen atoms in total. The zero-order valence-electron chi connectivity index (χ0n) is 12.9. The zero-order valence-corrected chi connectivity index (χ0v) is 13.6. The molecule has 0 radical (unpaired) electrons. The van der Waals surface area contributed by atoms with Crippen molar-refractivity contribution in [1.82, 2.24) is 14.8 Å². The van der Waals surface area contributed by atoms with Gasteiger partial charge in [-0.3, -0.25) is 9.89 Å². The Labute approximate surface area is 143 Å². The van der Waals surface area contributed by atoms with E-state index in [1.165, 1.54) is 4.68 Å². The second-order valence-corrected chi connectivity index (χ2v) is 6.55. The lowest BCUT2D eigenvalue weighted by Crippen LogP contribution is -2.15. The molecule has 0 unspecified atom stereocenters. The topological polar surface area (TPSA) is 70.9 Å². The Bertz CT molecular complexity index is 939. The van der Waals surface area contributed by atoms with E-state index >= 15 is 0 Å². The van der Waals surface area contributed by atoms with Crippen LogP contribution in [0.1, 0.15) is 29.7 Å². The molecule has 0 amide bonds. The number of aliphatic hydroxyl groups excluding tert-OH is 1. The first kappa shape index (κ1) is 15.2. The van der Waals surface area contributed by atoms with Crippen molar-refractivity contribution in [2.45, 2.75) is 24.9 Å². The Hall–Kier alpha value is -2.37. The molecule has 122 valence electrons. The lowest BCUT2D eigenvalue weighted by molar-refractivity contribution is 0.281. The molecule has 1 aliphatic rings. The fourth-order valence-electron chi connectivity index (χ4n) is 3.10. The second-order valence-electron chi connectivity index (χ2n) is 6.11. The molecule has 1 aliphatic carbocycles. The van der Waals surface area contributed by atoms with Crippen LogP contribution in [0.15, 0.2) is 53.5 Å². The normalized spacial score (nSPS) is 15.4. The van der Waals surface area contributed by atoms with Gasteiger partial charge in [-0.15, -0.1) is 0 Å². The van der Waals surface area contributed by atoms with Crippen LogP contribution in [0.2, 0.25) is 5.02 Å². The van der Waals surface area contributed by atoms with Crippen molar-refractivity contribution in [1.29, 1.82) is 0 Å². The van der Waals surface area contributed by atoms with E-state index < -0.39 is 0 Å². The summed E-state index contributed by atoms with van der Waals surface area (Å²) in [7, 11) is 0. The number of nitrogens with one attached hydrogen (secondary N) is 1. The molecule has 2 N–H and O–H groups in total. The van der Waals surface area contributed by atoms with Crippen LogP contribution in [0.4, 0.5) is 0 Å². The van der Waals surface area contributed by atoms with Gasteiger partial charge < -0.3 is 5.11 Å². The highest BCUT2D eigenvalue weighted by Gasteiger charge is 2.47. The highest BCUT2D eigenvalue weighted by Crippen LogP contribution is 2.52. The third kappa shape index (κ3) is 2.46. The van der Waals surface area contributed by atoms with Gasteiger partial charge in [0.1, 0.15) is 0 Å². The number of halogens is 1. The predicted molar refractivity (Wildman–Crippen MR) is 91.6 cm³/mol. The molecule has 0 spiro atoms. The van der Waals surface area contributed by atoms with Gasteiger partial charge in [0, 0.05) is 28.4 Å². The smallest absolute Gasteiger partial charge is 0.272 e. The van der Waals surface area contributed by atoms with Crippen LogP contribution in [0.25, 0.3) is 5.82 Å². The van der Waals surface area contributed by atoms with Gasteiger partial charge in [0.2, 0.25) is 0 Å². The Morgan fingerprint density at radius 2 is 1.96 bits per heavy atom. The lowest BCUT2D eigenvalue weighted by Gasteiger charge is -2.14. The Balaban J connectivity index is 1.76. The summed E-state index contributed by atoms with van der Waals surface area (Å²) in [6.07, 6.45) is 3.55. The highest BCUT2D eigenvalue weighted by atomic mass is 35.5. The molecule has 0 bridgehead atoms. The quantitative estimate of drug-likeness (QED) is 0.766. The van der Waals surface area contributed by atoms with Crippen molar-refractivity contribution in [3.8, 4) is 5.82 Å². The van der Waals surface area contributed by atoms with E-state index in [0.717, 1.165) is 24.1 Å². The third-order valence-electron chi connectivity index (χ3n) is 4.60. The van der Waals surface area contributed by atoms with Gasteiger partial charge in [0.25, 0.3) is 5.56 Å². The summed E-state index contributed by atoms with van der Waals surface area (Å²) in [6.45, 7) is -0.0907.